The summed E-state index contributed by atoms with van der Waals surface area (Å²) in [6.45, 7) is 4.20. The molecule has 9 heteroatoms. The molecule has 2 aromatic heterocycles. The third-order valence-electron chi connectivity index (χ3n) is 5.78. The second kappa shape index (κ2) is 7.55. The van der Waals surface area contributed by atoms with E-state index in [1.165, 1.54) is 30.4 Å². The van der Waals surface area contributed by atoms with Crippen molar-refractivity contribution in [1.29, 1.82) is 5.41 Å². The lowest BCUT2D eigenvalue weighted by molar-refractivity contribution is -0.120. The summed E-state index contributed by atoms with van der Waals surface area (Å²) in [4.78, 5) is 30.3. The first-order valence-corrected chi connectivity index (χ1v) is 10.7. The fourth-order valence-electron chi connectivity index (χ4n) is 3.92. The normalized spacial score (nSPS) is 20.9. The summed E-state index contributed by atoms with van der Waals surface area (Å²) < 4.78 is 0. The van der Waals surface area contributed by atoms with Crippen LogP contribution in [-0.2, 0) is 4.79 Å². The Hall–Kier alpha value is -2.81. The molecule has 0 saturated heterocycles. The Balaban J connectivity index is 1.85. The number of carbonyl (C=O) groups excluding carboxylic acids is 1. The highest BCUT2D eigenvalue weighted by molar-refractivity contribution is 7.10. The molecule has 152 valence electrons. The number of hydrogen-bond acceptors (Lipinski definition) is 8. The van der Waals surface area contributed by atoms with E-state index in [2.05, 4.69) is 21.8 Å². The van der Waals surface area contributed by atoms with Crippen molar-refractivity contribution in [3.63, 3.8) is 0 Å². The fourth-order valence-corrected chi connectivity index (χ4v) is 4.53. The minimum Gasteiger partial charge on any atom is -0.396 e. The van der Waals surface area contributed by atoms with Crippen LogP contribution < -0.4 is 15.5 Å². The highest BCUT2D eigenvalue weighted by Crippen LogP contribution is 2.43. The van der Waals surface area contributed by atoms with Crippen LogP contribution in [0, 0.1) is 11.3 Å². The Morgan fingerprint density at radius 1 is 1.45 bits per heavy atom. The summed E-state index contributed by atoms with van der Waals surface area (Å²) in [6, 6.07) is -0.0441. The van der Waals surface area contributed by atoms with Crippen molar-refractivity contribution < 1.29 is 4.79 Å². The topological polar surface area (TPSA) is 112 Å². The van der Waals surface area contributed by atoms with Crippen LogP contribution in [0.15, 0.2) is 17.8 Å². The van der Waals surface area contributed by atoms with E-state index in [9.17, 15) is 4.79 Å². The molecule has 0 spiro atoms. The van der Waals surface area contributed by atoms with E-state index >= 15 is 0 Å². The zero-order valence-electron chi connectivity index (χ0n) is 16.8. The largest absolute Gasteiger partial charge is 0.396 e. The molecule has 8 nitrogen and oxygen atoms in total. The maximum atomic E-state index is 13.0. The smallest absolute Gasteiger partial charge is 0.249 e. The summed E-state index contributed by atoms with van der Waals surface area (Å²) in [7, 11) is 1.77. The van der Waals surface area contributed by atoms with Gasteiger partial charge in [0.05, 0.1) is 17.5 Å². The van der Waals surface area contributed by atoms with Crippen LogP contribution in [0.25, 0.3) is 11.3 Å². The zero-order valence-corrected chi connectivity index (χ0v) is 17.6. The van der Waals surface area contributed by atoms with Crippen LogP contribution in [-0.4, -0.2) is 46.2 Å². The molecule has 1 amide bonds. The first kappa shape index (κ1) is 19.5. The molecule has 3 N–H and O–H groups in total. The van der Waals surface area contributed by atoms with Crippen molar-refractivity contribution in [2.75, 3.05) is 16.8 Å². The molecule has 2 atom stereocenters. The number of anilines is 2. The van der Waals surface area contributed by atoms with Gasteiger partial charge in [0.2, 0.25) is 5.91 Å². The van der Waals surface area contributed by atoms with E-state index in [1.807, 2.05) is 12.3 Å². The van der Waals surface area contributed by atoms with Gasteiger partial charge in [0.1, 0.15) is 16.7 Å². The van der Waals surface area contributed by atoms with E-state index in [0.29, 0.717) is 40.1 Å². The highest BCUT2D eigenvalue weighted by Gasteiger charge is 2.43. The number of rotatable bonds is 6. The molecule has 2 aromatic rings. The third-order valence-corrected chi connectivity index (χ3v) is 6.58. The third kappa shape index (κ3) is 3.29. The summed E-state index contributed by atoms with van der Waals surface area (Å²) in [6.07, 6.45) is 7.55. The highest BCUT2D eigenvalue weighted by atomic mass is 32.1. The minimum absolute atomic E-state index is 0.0639. The van der Waals surface area contributed by atoms with Gasteiger partial charge in [0, 0.05) is 30.9 Å². The molecular weight excluding hydrogens is 386 g/mol. The van der Waals surface area contributed by atoms with Crippen molar-refractivity contribution >= 4 is 46.2 Å². The molecule has 0 radical (unpaired) electrons. The molecule has 4 rings (SSSR count). The van der Waals surface area contributed by atoms with Crippen LogP contribution in [0.1, 0.15) is 43.9 Å². The lowest BCUT2D eigenvalue weighted by atomic mass is 10.0. The maximum absolute atomic E-state index is 13.0. The standard InChI is InChI=1S/C20H25N7OS/c1-4-14-20(28)26(3)15-10-24-17(13(9-21)16(22)19-23-7-8-29-19)25-18(15)27(14)11(2)12-5-6-12/h7-12,14,21H,4-6,22H2,1-3H3/b16-13+,21-9?/t11?,14-/m1/s1. The number of aromatic nitrogens is 3. The Morgan fingerprint density at radius 3 is 2.79 bits per heavy atom. The van der Waals surface area contributed by atoms with Crippen LogP contribution in [0.4, 0.5) is 11.5 Å². The van der Waals surface area contributed by atoms with E-state index in [0.717, 1.165) is 5.82 Å². The van der Waals surface area contributed by atoms with Crippen LogP contribution >= 0.6 is 11.3 Å². The quantitative estimate of drug-likeness (QED) is 0.707. The van der Waals surface area contributed by atoms with Crippen molar-refractivity contribution in [2.24, 2.45) is 11.7 Å². The van der Waals surface area contributed by atoms with Crippen LogP contribution in [0.2, 0.25) is 0 Å². The van der Waals surface area contributed by atoms with Gasteiger partial charge in [-0.2, -0.15) is 0 Å². The average Bonchev–Trinajstić information content (AvgIpc) is 3.44. The second-order valence-electron chi connectivity index (χ2n) is 7.52. The second-order valence-corrected chi connectivity index (χ2v) is 8.41. The van der Waals surface area contributed by atoms with Gasteiger partial charge in [0.15, 0.2) is 11.6 Å². The lowest BCUT2D eigenvalue weighted by Crippen LogP contribution is -2.56. The molecular formula is C20H25N7OS. The summed E-state index contributed by atoms with van der Waals surface area (Å²) in [5.41, 5.74) is 7.77. The molecule has 1 unspecified atom stereocenters. The number of allylic oxidation sites excluding steroid dienone is 1. The number of amides is 1. The number of thiazole rings is 1. The van der Waals surface area contributed by atoms with Crippen LogP contribution in [0.3, 0.4) is 0 Å². The number of nitrogens with one attached hydrogen (secondary N) is 1. The monoisotopic (exact) mass is 411 g/mol. The Kier molecular flexibility index (Phi) is 5.08. The van der Waals surface area contributed by atoms with Crippen LogP contribution in [0.5, 0.6) is 0 Å². The first-order valence-electron chi connectivity index (χ1n) is 9.81. The summed E-state index contributed by atoms with van der Waals surface area (Å²) >= 11 is 1.40. The predicted octanol–water partition coefficient (Wildman–Crippen LogP) is 2.77. The average molecular weight is 412 g/mol. The van der Waals surface area contributed by atoms with Gasteiger partial charge in [-0.15, -0.1) is 11.3 Å². The predicted molar refractivity (Wildman–Crippen MR) is 116 cm³/mol. The van der Waals surface area contributed by atoms with E-state index < -0.39 is 0 Å². The molecule has 1 aliphatic carbocycles. The van der Waals surface area contributed by atoms with E-state index in [1.54, 1.807) is 24.3 Å². The lowest BCUT2D eigenvalue weighted by Gasteiger charge is -2.43. The number of carbonyl (C=O) groups is 1. The molecule has 0 aromatic carbocycles. The zero-order chi connectivity index (χ0) is 20.7. The Labute approximate surface area is 174 Å². The first-order chi connectivity index (χ1) is 14.0. The number of likely N-dealkylation sites (N-methyl/N-ethyl adjacent to an activating group) is 1. The molecule has 1 saturated carbocycles. The molecule has 29 heavy (non-hydrogen) atoms. The summed E-state index contributed by atoms with van der Waals surface area (Å²) in [5.74, 6) is 1.74. The van der Waals surface area contributed by atoms with Gasteiger partial charge in [-0.25, -0.2) is 15.0 Å². The SMILES string of the molecule is CC[C@@H]1C(=O)N(C)c2cnc(/C(C=N)=C(/N)c3nccs3)nc2N1C(C)C1CC1. The fraction of sp³-hybridized carbons (Fsp3) is 0.450. The molecule has 3 heterocycles. The number of fused-ring (bicyclic) bond motifs is 1. The molecule has 1 aliphatic heterocycles. The van der Waals surface area contributed by atoms with Crippen molar-refractivity contribution in [3.05, 3.63) is 28.6 Å². The Bertz CT molecular complexity index is 967. The van der Waals surface area contributed by atoms with Gasteiger partial charge in [0.25, 0.3) is 0 Å². The van der Waals surface area contributed by atoms with E-state index in [-0.39, 0.29) is 18.0 Å². The van der Waals surface area contributed by atoms with Crippen molar-refractivity contribution in [3.8, 4) is 0 Å². The van der Waals surface area contributed by atoms with Crippen molar-refractivity contribution in [1.82, 2.24) is 15.0 Å². The van der Waals surface area contributed by atoms with Gasteiger partial charge < -0.3 is 20.9 Å². The molecule has 0 bridgehead atoms. The number of nitrogens with two attached hydrogens (primary N) is 1. The minimum atomic E-state index is -0.255. The van der Waals surface area contributed by atoms with Gasteiger partial charge in [-0.1, -0.05) is 6.92 Å². The van der Waals surface area contributed by atoms with E-state index in [4.69, 9.17) is 16.1 Å². The maximum Gasteiger partial charge on any atom is 0.249 e. The number of nitrogens with zero attached hydrogens (tertiary/aromatic N) is 5. The molecule has 1 fully saturated rings. The van der Waals surface area contributed by atoms with Gasteiger partial charge in [-0.3, -0.25) is 4.79 Å². The van der Waals surface area contributed by atoms with Gasteiger partial charge >= 0.3 is 0 Å². The van der Waals surface area contributed by atoms with Crippen molar-refractivity contribution in [2.45, 2.75) is 45.2 Å². The van der Waals surface area contributed by atoms with Gasteiger partial charge in [-0.05, 0) is 32.1 Å². The molecule has 2 aliphatic rings. The Morgan fingerprint density at radius 2 is 2.21 bits per heavy atom. The number of hydrogen-bond donors (Lipinski definition) is 2. The summed E-state index contributed by atoms with van der Waals surface area (Å²) in [5, 5.41) is 10.4.